The molecule has 0 bridgehead atoms. The Balaban J connectivity index is 2.99. The summed E-state index contributed by atoms with van der Waals surface area (Å²) in [6, 6.07) is 6.03. The Morgan fingerprint density at radius 1 is 1.17 bits per heavy atom. The molecular formula is C15H26N2O. The fraction of sp³-hybridized carbons (Fsp3) is 0.600. The summed E-state index contributed by atoms with van der Waals surface area (Å²) in [5.74, 6) is 0.791. The second-order valence-electron chi connectivity index (χ2n) is 4.84. The first-order chi connectivity index (χ1) is 8.60. The van der Waals surface area contributed by atoms with Crippen LogP contribution in [0.5, 0.6) is 5.75 Å². The molecule has 3 nitrogen and oxygen atoms in total. The second kappa shape index (κ2) is 7.14. The SMILES string of the molecule is CCCN(CCC)c1cccc(OC(C)C)c1N. The van der Waals surface area contributed by atoms with Crippen LogP contribution < -0.4 is 15.4 Å². The monoisotopic (exact) mass is 250 g/mol. The van der Waals surface area contributed by atoms with E-state index in [9.17, 15) is 0 Å². The van der Waals surface area contributed by atoms with Gasteiger partial charge >= 0.3 is 0 Å². The van der Waals surface area contributed by atoms with E-state index in [1.54, 1.807) is 0 Å². The highest BCUT2D eigenvalue weighted by molar-refractivity contribution is 5.74. The third-order valence-electron chi connectivity index (χ3n) is 2.73. The number of nitrogens with zero attached hydrogens (tertiary/aromatic N) is 1. The number of rotatable bonds is 7. The third kappa shape index (κ3) is 3.83. The molecule has 0 aliphatic rings. The van der Waals surface area contributed by atoms with Gasteiger partial charge in [-0.3, -0.25) is 0 Å². The first-order valence-corrected chi connectivity index (χ1v) is 6.90. The van der Waals surface area contributed by atoms with E-state index in [2.05, 4.69) is 24.8 Å². The smallest absolute Gasteiger partial charge is 0.144 e. The van der Waals surface area contributed by atoms with E-state index >= 15 is 0 Å². The lowest BCUT2D eigenvalue weighted by Crippen LogP contribution is -2.26. The van der Waals surface area contributed by atoms with Crippen LogP contribution in [0.2, 0.25) is 0 Å². The van der Waals surface area contributed by atoms with Crippen LogP contribution in [-0.4, -0.2) is 19.2 Å². The molecule has 18 heavy (non-hydrogen) atoms. The highest BCUT2D eigenvalue weighted by Crippen LogP contribution is 2.33. The summed E-state index contributed by atoms with van der Waals surface area (Å²) in [7, 11) is 0. The van der Waals surface area contributed by atoms with Gasteiger partial charge in [0.05, 0.1) is 17.5 Å². The zero-order chi connectivity index (χ0) is 13.5. The summed E-state index contributed by atoms with van der Waals surface area (Å²) in [4.78, 5) is 2.34. The van der Waals surface area contributed by atoms with Crippen LogP contribution in [0.1, 0.15) is 40.5 Å². The second-order valence-corrected chi connectivity index (χ2v) is 4.84. The highest BCUT2D eigenvalue weighted by atomic mass is 16.5. The number of benzene rings is 1. The van der Waals surface area contributed by atoms with Gasteiger partial charge in [0.25, 0.3) is 0 Å². The molecule has 0 aliphatic heterocycles. The summed E-state index contributed by atoms with van der Waals surface area (Å²) in [5, 5.41) is 0. The van der Waals surface area contributed by atoms with Crippen molar-refractivity contribution in [1.82, 2.24) is 0 Å². The van der Waals surface area contributed by atoms with Crippen LogP contribution in [0.25, 0.3) is 0 Å². The molecule has 102 valence electrons. The number of para-hydroxylation sites is 1. The minimum Gasteiger partial charge on any atom is -0.489 e. The van der Waals surface area contributed by atoms with Crippen LogP contribution >= 0.6 is 0 Å². The first-order valence-electron chi connectivity index (χ1n) is 6.90. The van der Waals surface area contributed by atoms with Gasteiger partial charge in [-0.2, -0.15) is 0 Å². The maximum absolute atomic E-state index is 6.23. The van der Waals surface area contributed by atoms with E-state index in [1.807, 2.05) is 26.0 Å². The van der Waals surface area contributed by atoms with E-state index in [4.69, 9.17) is 10.5 Å². The molecule has 2 N–H and O–H groups in total. The normalized spacial score (nSPS) is 10.7. The molecule has 0 fully saturated rings. The molecule has 0 heterocycles. The van der Waals surface area contributed by atoms with Gasteiger partial charge in [-0.05, 0) is 38.8 Å². The molecule has 0 saturated heterocycles. The lowest BCUT2D eigenvalue weighted by molar-refractivity contribution is 0.244. The number of anilines is 2. The van der Waals surface area contributed by atoms with Gasteiger partial charge in [0.15, 0.2) is 0 Å². The topological polar surface area (TPSA) is 38.5 Å². The van der Waals surface area contributed by atoms with Crippen LogP contribution in [0, 0.1) is 0 Å². The molecule has 3 heteroatoms. The molecule has 1 aromatic carbocycles. The largest absolute Gasteiger partial charge is 0.489 e. The number of nitrogen functional groups attached to an aromatic ring is 1. The summed E-state index contributed by atoms with van der Waals surface area (Å²) in [6.07, 6.45) is 2.39. The average Bonchev–Trinajstić information content (AvgIpc) is 2.31. The average molecular weight is 250 g/mol. The summed E-state index contributed by atoms with van der Waals surface area (Å²) >= 11 is 0. The van der Waals surface area contributed by atoms with E-state index in [-0.39, 0.29) is 6.10 Å². The Labute approximate surface area is 111 Å². The zero-order valence-corrected chi connectivity index (χ0v) is 12.1. The molecule has 0 aliphatic carbocycles. The van der Waals surface area contributed by atoms with Crippen LogP contribution in [0.4, 0.5) is 11.4 Å². The Bertz CT molecular complexity index is 358. The number of hydrogen-bond donors (Lipinski definition) is 1. The minimum absolute atomic E-state index is 0.147. The molecule has 0 radical (unpaired) electrons. The minimum atomic E-state index is 0.147. The molecule has 0 atom stereocenters. The Morgan fingerprint density at radius 2 is 1.78 bits per heavy atom. The van der Waals surface area contributed by atoms with Gasteiger partial charge in [0, 0.05) is 13.1 Å². The van der Waals surface area contributed by atoms with E-state index < -0.39 is 0 Å². The van der Waals surface area contributed by atoms with Gasteiger partial charge in [0.1, 0.15) is 5.75 Å². The van der Waals surface area contributed by atoms with Crippen LogP contribution in [-0.2, 0) is 0 Å². The molecule has 0 aromatic heterocycles. The Morgan fingerprint density at radius 3 is 2.28 bits per heavy atom. The molecular weight excluding hydrogens is 224 g/mol. The Hall–Kier alpha value is -1.38. The molecule has 0 unspecified atom stereocenters. The van der Waals surface area contributed by atoms with Crippen molar-refractivity contribution in [3.8, 4) is 5.75 Å². The predicted octanol–water partition coefficient (Wildman–Crippen LogP) is 3.68. The molecule has 0 spiro atoms. The molecule has 1 aromatic rings. The van der Waals surface area contributed by atoms with Crippen molar-refractivity contribution in [2.75, 3.05) is 23.7 Å². The summed E-state index contributed by atoms with van der Waals surface area (Å²) in [5.41, 5.74) is 8.08. The van der Waals surface area contributed by atoms with Crippen LogP contribution in [0.15, 0.2) is 18.2 Å². The third-order valence-corrected chi connectivity index (χ3v) is 2.73. The first kappa shape index (κ1) is 14.7. The predicted molar refractivity (Wildman–Crippen MR) is 79.4 cm³/mol. The molecule has 1 rings (SSSR count). The maximum atomic E-state index is 6.23. The van der Waals surface area contributed by atoms with Crippen molar-refractivity contribution in [2.24, 2.45) is 0 Å². The number of nitrogens with two attached hydrogens (primary N) is 1. The van der Waals surface area contributed by atoms with Gasteiger partial charge in [-0.15, -0.1) is 0 Å². The van der Waals surface area contributed by atoms with Gasteiger partial charge in [-0.25, -0.2) is 0 Å². The van der Waals surface area contributed by atoms with Crippen molar-refractivity contribution in [2.45, 2.75) is 46.6 Å². The lowest BCUT2D eigenvalue weighted by atomic mass is 10.2. The highest BCUT2D eigenvalue weighted by Gasteiger charge is 2.12. The Kier molecular flexibility index (Phi) is 5.83. The van der Waals surface area contributed by atoms with Crippen molar-refractivity contribution in [3.05, 3.63) is 18.2 Å². The van der Waals surface area contributed by atoms with E-state index in [0.717, 1.165) is 43.1 Å². The molecule has 0 amide bonds. The summed E-state index contributed by atoms with van der Waals surface area (Å²) in [6.45, 7) is 10.5. The van der Waals surface area contributed by atoms with E-state index in [0.29, 0.717) is 0 Å². The zero-order valence-electron chi connectivity index (χ0n) is 12.1. The molecule has 0 saturated carbocycles. The van der Waals surface area contributed by atoms with Gasteiger partial charge in [-0.1, -0.05) is 19.9 Å². The lowest BCUT2D eigenvalue weighted by Gasteiger charge is -2.26. The summed E-state index contributed by atoms with van der Waals surface area (Å²) < 4.78 is 5.74. The van der Waals surface area contributed by atoms with Crippen molar-refractivity contribution in [3.63, 3.8) is 0 Å². The number of hydrogen-bond acceptors (Lipinski definition) is 3. The maximum Gasteiger partial charge on any atom is 0.144 e. The van der Waals surface area contributed by atoms with Crippen molar-refractivity contribution in [1.29, 1.82) is 0 Å². The van der Waals surface area contributed by atoms with Crippen LogP contribution in [0.3, 0.4) is 0 Å². The number of ether oxygens (including phenoxy) is 1. The van der Waals surface area contributed by atoms with Gasteiger partial charge < -0.3 is 15.4 Å². The van der Waals surface area contributed by atoms with Crippen molar-refractivity contribution < 1.29 is 4.74 Å². The van der Waals surface area contributed by atoms with E-state index in [1.165, 1.54) is 0 Å². The van der Waals surface area contributed by atoms with Crippen molar-refractivity contribution >= 4 is 11.4 Å². The quantitative estimate of drug-likeness (QED) is 0.750. The fourth-order valence-electron chi connectivity index (χ4n) is 2.06. The standard InChI is InChI=1S/C15H26N2O/c1-5-10-17(11-6-2)13-8-7-9-14(15(13)16)18-12(3)4/h7-9,12H,5-6,10-11,16H2,1-4H3. The fourth-order valence-corrected chi connectivity index (χ4v) is 2.06. The van der Waals surface area contributed by atoms with Gasteiger partial charge in [0.2, 0.25) is 0 Å².